The molecule has 0 bridgehead atoms. The highest BCUT2D eigenvalue weighted by molar-refractivity contribution is 5.88. The highest BCUT2D eigenvalue weighted by Crippen LogP contribution is 2.36. The van der Waals surface area contributed by atoms with E-state index in [1.807, 2.05) is 56.0 Å². The summed E-state index contributed by atoms with van der Waals surface area (Å²) in [6.07, 6.45) is 3.16. The molecule has 4 rings (SSSR count). The molecule has 2 amide bonds. The molecule has 3 heterocycles. The lowest BCUT2D eigenvalue weighted by molar-refractivity contribution is -0.135. The van der Waals surface area contributed by atoms with Gasteiger partial charge in [0.15, 0.2) is 5.82 Å². The van der Waals surface area contributed by atoms with Crippen molar-refractivity contribution in [1.29, 1.82) is 0 Å². The summed E-state index contributed by atoms with van der Waals surface area (Å²) < 4.78 is 5.58. The van der Waals surface area contributed by atoms with Gasteiger partial charge in [-0.2, -0.15) is 0 Å². The largest absolute Gasteiger partial charge is 0.444 e. The Labute approximate surface area is 170 Å². The topological polar surface area (TPSA) is 75.6 Å². The molecule has 0 saturated carbocycles. The number of hydrogen-bond acceptors (Lipinski definition) is 5. The monoisotopic (exact) mass is 394 g/mol. The van der Waals surface area contributed by atoms with Crippen molar-refractivity contribution >= 4 is 12.0 Å². The van der Waals surface area contributed by atoms with E-state index in [0.717, 1.165) is 31.5 Å². The SMILES string of the molecule is CC(C)(C)OC(=O)N1Cc2nc(-c3ccccc3)ncc2C1C(=O)N1CCCC1. The molecule has 2 aliphatic rings. The summed E-state index contributed by atoms with van der Waals surface area (Å²) in [5, 5.41) is 0. The number of amides is 2. The van der Waals surface area contributed by atoms with Gasteiger partial charge >= 0.3 is 6.09 Å². The molecule has 152 valence electrons. The molecule has 0 radical (unpaired) electrons. The first-order valence-corrected chi connectivity index (χ1v) is 10.0. The molecule has 29 heavy (non-hydrogen) atoms. The Morgan fingerprint density at radius 3 is 2.45 bits per heavy atom. The standard InChI is InChI=1S/C22H26N4O3/c1-22(2,3)29-21(28)26-14-17-16(18(26)20(27)25-11-7-8-12-25)13-23-19(24-17)15-9-5-4-6-10-15/h4-6,9-10,13,18H,7-8,11-12,14H2,1-3H3. The zero-order chi connectivity index (χ0) is 20.6. The third-order valence-corrected chi connectivity index (χ3v) is 5.14. The predicted molar refractivity (Wildman–Crippen MR) is 108 cm³/mol. The first-order chi connectivity index (χ1) is 13.8. The Hall–Kier alpha value is -2.96. The first-order valence-electron chi connectivity index (χ1n) is 10.0. The van der Waals surface area contributed by atoms with Crippen molar-refractivity contribution in [3.8, 4) is 11.4 Å². The number of benzene rings is 1. The van der Waals surface area contributed by atoms with Crippen LogP contribution in [0.2, 0.25) is 0 Å². The zero-order valence-corrected chi connectivity index (χ0v) is 17.1. The molecule has 1 fully saturated rings. The Balaban J connectivity index is 1.69. The van der Waals surface area contributed by atoms with Crippen LogP contribution in [0.15, 0.2) is 36.5 Å². The molecule has 1 aromatic carbocycles. The maximum absolute atomic E-state index is 13.3. The van der Waals surface area contributed by atoms with Crippen LogP contribution in [0.3, 0.4) is 0 Å². The molecule has 0 N–H and O–H groups in total. The number of rotatable bonds is 2. The lowest BCUT2D eigenvalue weighted by atomic mass is 10.1. The van der Waals surface area contributed by atoms with Crippen LogP contribution in [0.25, 0.3) is 11.4 Å². The summed E-state index contributed by atoms with van der Waals surface area (Å²) in [7, 11) is 0. The summed E-state index contributed by atoms with van der Waals surface area (Å²) >= 11 is 0. The zero-order valence-electron chi connectivity index (χ0n) is 17.1. The summed E-state index contributed by atoms with van der Waals surface area (Å²) in [4.78, 5) is 38.6. The van der Waals surface area contributed by atoms with Crippen LogP contribution in [-0.4, -0.2) is 50.5 Å². The quantitative estimate of drug-likeness (QED) is 0.779. The number of nitrogens with zero attached hydrogens (tertiary/aromatic N) is 4. The molecule has 2 aromatic rings. The molecule has 2 aliphatic heterocycles. The van der Waals surface area contributed by atoms with Gasteiger partial charge in [0, 0.05) is 30.4 Å². The molecule has 7 heteroatoms. The van der Waals surface area contributed by atoms with Gasteiger partial charge in [0.05, 0.1) is 12.2 Å². The van der Waals surface area contributed by atoms with E-state index in [9.17, 15) is 9.59 Å². The first kappa shape index (κ1) is 19.4. The lowest BCUT2D eigenvalue weighted by Crippen LogP contribution is -2.43. The van der Waals surface area contributed by atoms with Gasteiger partial charge in [-0.1, -0.05) is 30.3 Å². The van der Waals surface area contributed by atoms with Gasteiger partial charge in [-0.3, -0.25) is 9.69 Å². The highest BCUT2D eigenvalue weighted by Gasteiger charge is 2.43. The van der Waals surface area contributed by atoms with Crippen LogP contribution in [0.5, 0.6) is 0 Å². The fraction of sp³-hybridized carbons (Fsp3) is 0.455. The molecular weight excluding hydrogens is 368 g/mol. The van der Waals surface area contributed by atoms with Crippen molar-refractivity contribution in [1.82, 2.24) is 19.8 Å². The minimum Gasteiger partial charge on any atom is -0.444 e. The van der Waals surface area contributed by atoms with E-state index in [0.29, 0.717) is 17.1 Å². The molecule has 7 nitrogen and oxygen atoms in total. The minimum atomic E-state index is -0.734. The van der Waals surface area contributed by atoms with E-state index < -0.39 is 17.7 Å². The molecule has 1 aromatic heterocycles. The van der Waals surface area contributed by atoms with Gasteiger partial charge in [0.1, 0.15) is 11.6 Å². The van der Waals surface area contributed by atoms with E-state index in [1.54, 1.807) is 6.20 Å². The number of likely N-dealkylation sites (tertiary alicyclic amines) is 1. The van der Waals surface area contributed by atoms with Crippen molar-refractivity contribution in [2.45, 2.75) is 51.8 Å². The van der Waals surface area contributed by atoms with Gasteiger partial charge in [0.25, 0.3) is 0 Å². The number of ether oxygens (including phenoxy) is 1. The van der Waals surface area contributed by atoms with E-state index in [4.69, 9.17) is 4.74 Å². The Kier molecular flexibility index (Phi) is 4.98. The van der Waals surface area contributed by atoms with Crippen LogP contribution in [0.4, 0.5) is 4.79 Å². The van der Waals surface area contributed by atoms with Crippen LogP contribution in [0, 0.1) is 0 Å². The predicted octanol–water partition coefficient (Wildman–Crippen LogP) is 3.56. The summed E-state index contributed by atoms with van der Waals surface area (Å²) in [6, 6.07) is 8.94. The smallest absolute Gasteiger partial charge is 0.411 e. The van der Waals surface area contributed by atoms with Crippen molar-refractivity contribution in [3.05, 3.63) is 47.8 Å². The van der Waals surface area contributed by atoms with E-state index in [1.165, 1.54) is 4.90 Å². The normalized spacial score (nSPS) is 18.7. The average molecular weight is 394 g/mol. The molecule has 0 aliphatic carbocycles. The Morgan fingerprint density at radius 1 is 1.10 bits per heavy atom. The second-order valence-electron chi connectivity index (χ2n) is 8.50. The Bertz CT molecular complexity index is 917. The number of hydrogen-bond donors (Lipinski definition) is 0. The van der Waals surface area contributed by atoms with Gasteiger partial charge in [-0.15, -0.1) is 0 Å². The summed E-state index contributed by atoms with van der Waals surface area (Å²) in [5.41, 5.74) is 1.64. The molecule has 1 atom stereocenters. The number of aromatic nitrogens is 2. The maximum atomic E-state index is 13.3. The second kappa shape index (κ2) is 7.46. The molecule has 0 spiro atoms. The van der Waals surface area contributed by atoms with Crippen molar-refractivity contribution < 1.29 is 14.3 Å². The number of fused-ring (bicyclic) bond motifs is 1. The third-order valence-electron chi connectivity index (χ3n) is 5.14. The number of carbonyl (C=O) groups is 2. The van der Waals surface area contributed by atoms with Crippen LogP contribution < -0.4 is 0 Å². The van der Waals surface area contributed by atoms with Gasteiger partial charge in [-0.05, 0) is 33.6 Å². The van der Waals surface area contributed by atoms with Gasteiger partial charge in [0.2, 0.25) is 5.91 Å². The van der Waals surface area contributed by atoms with Crippen molar-refractivity contribution in [2.75, 3.05) is 13.1 Å². The highest BCUT2D eigenvalue weighted by atomic mass is 16.6. The van der Waals surface area contributed by atoms with E-state index >= 15 is 0 Å². The van der Waals surface area contributed by atoms with Crippen LogP contribution in [0.1, 0.15) is 50.9 Å². The second-order valence-corrected chi connectivity index (χ2v) is 8.50. The van der Waals surface area contributed by atoms with Crippen molar-refractivity contribution in [3.63, 3.8) is 0 Å². The summed E-state index contributed by atoms with van der Waals surface area (Å²) in [5.74, 6) is 0.505. The fourth-order valence-corrected chi connectivity index (χ4v) is 3.80. The van der Waals surface area contributed by atoms with E-state index in [2.05, 4.69) is 9.97 Å². The van der Waals surface area contributed by atoms with E-state index in [-0.39, 0.29) is 12.5 Å². The molecule has 1 saturated heterocycles. The van der Waals surface area contributed by atoms with Crippen molar-refractivity contribution in [2.24, 2.45) is 0 Å². The van der Waals surface area contributed by atoms with Crippen LogP contribution >= 0.6 is 0 Å². The maximum Gasteiger partial charge on any atom is 0.411 e. The van der Waals surface area contributed by atoms with Gasteiger partial charge < -0.3 is 9.64 Å². The number of carbonyl (C=O) groups excluding carboxylic acids is 2. The third kappa shape index (κ3) is 3.95. The molecule has 1 unspecified atom stereocenters. The van der Waals surface area contributed by atoms with Gasteiger partial charge in [-0.25, -0.2) is 14.8 Å². The Morgan fingerprint density at radius 2 is 1.79 bits per heavy atom. The molecular formula is C22H26N4O3. The fourth-order valence-electron chi connectivity index (χ4n) is 3.80. The van der Waals surface area contributed by atoms with Crippen LogP contribution in [-0.2, 0) is 16.1 Å². The lowest BCUT2D eigenvalue weighted by Gasteiger charge is -2.30. The minimum absolute atomic E-state index is 0.0804. The summed E-state index contributed by atoms with van der Waals surface area (Å²) in [6.45, 7) is 7.12. The average Bonchev–Trinajstić information content (AvgIpc) is 3.34.